The van der Waals surface area contributed by atoms with Crippen LogP contribution in [-0.2, 0) is 19.6 Å². The Balaban J connectivity index is 1.49. The number of fused-ring (bicyclic) bond motifs is 1. The molecule has 0 radical (unpaired) electrons. The van der Waals surface area contributed by atoms with Crippen molar-refractivity contribution in [2.75, 3.05) is 18.4 Å². The molecule has 3 aromatic carbocycles. The summed E-state index contributed by atoms with van der Waals surface area (Å²) < 4.78 is 29.5. The average molecular weight is 524 g/mol. The molecule has 10 heteroatoms. The predicted molar refractivity (Wildman–Crippen MR) is 140 cm³/mol. The summed E-state index contributed by atoms with van der Waals surface area (Å²) in [6, 6.07) is 17.0. The molecule has 3 N–H and O–H groups in total. The van der Waals surface area contributed by atoms with Gasteiger partial charge in [0.1, 0.15) is 0 Å². The molecule has 0 aliphatic carbocycles. The summed E-state index contributed by atoms with van der Waals surface area (Å²) in [6.45, 7) is 2.57. The second-order valence-electron chi connectivity index (χ2n) is 9.10. The molecule has 0 saturated carbocycles. The lowest BCUT2D eigenvalue weighted by Gasteiger charge is -2.32. The largest absolute Gasteiger partial charge is 0.481 e. The lowest BCUT2D eigenvalue weighted by atomic mass is 10.1. The molecule has 1 aliphatic rings. The highest BCUT2D eigenvalue weighted by Gasteiger charge is 2.28. The van der Waals surface area contributed by atoms with Crippen LogP contribution in [0.3, 0.4) is 0 Å². The lowest BCUT2D eigenvalue weighted by molar-refractivity contribution is -0.141. The van der Waals surface area contributed by atoms with Crippen LogP contribution in [0, 0.1) is 6.92 Å². The summed E-state index contributed by atoms with van der Waals surface area (Å²) in [4.78, 5) is 37.4. The maximum absolute atomic E-state index is 13.4. The van der Waals surface area contributed by atoms with E-state index in [9.17, 15) is 22.8 Å². The summed E-state index contributed by atoms with van der Waals surface area (Å²) in [5.41, 5.74) is 1.89. The highest BCUT2D eigenvalue weighted by Crippen LogP contribution is 2.30. The van der Waals surface area contributed by atoms with Gasteiger partial charge in [-0.1, -0.05) is 42.5 Å². The fraction of sp³-hybridized carbons (Fsp3) is 0.296. The Morgan fingerprint density at radius 1 is 0.919 bits per heavy atom. The van der Waals surface area contributed by atoms with Gasteiger partial charge in [0.15, 0.2) is 0 Å². The van der Waals surface area contributed by atoms with Crippen molar-refractivity contribution in [1.29, 1.82) is 0 Å². The highest BCUT2D eigenvalue weighted by molar-refractivity contribution is 7.89. The van der Waals surface area contributed by atoms with E-state index in [1.165, 1.54) is 6.07 Å². The average Bonchev–Trinajstić information content (AvgIpc) is 2.87. The minimum Gasteiger partial charge on any atom is -0.481 e. The number of benzene rings is 3. The molecular weight excluding hydrogens is 494 g/mol. The number of sulfonamides is 1. The van der Waals surface area contributed by atoms with Crippen LogP contribution < -0.4 is 10.0 Å². The fourth-order valence-electron chi connectivity index (χ4n) is 4.54. The van der Waals surface area contributed by atoms with Gasteiger partial charge in [0.2, 0.25) is 15.9 Å². The molecule has 1 heterocycles. The van der Waals surface area contributed by atoms with Gasteiger partial charge in [-0.25, -0.2) is 13.1 Å². The van der Waals surface area contributed by atoms with E-state index in [1.54, 1.807) is 47.4 Å². The van der Waals surface area contributed by atoms with E-state index >= 15 is 0 Å². The zero-order valence-corrected chi connectivity index (χ0v) is 21.3. The predicted octanol–water partition coefficient (Wildman–Crippen LogP) is 3.53. The quantitative estimate of drug-likeness (QED) is 0.414. The summed E-state index contributed by atoms with van der Waals surface area (Å²) in [5, 5.41) is 12.8. The number of carboxylic acid groups (broad SMARTS) is 1. The van der Waals surface area contributed by atoms with Gasteiger partial charge in [-0.05, 0) is 43.5 Å². The van der Waals surface area contributed by atoms with Gasteiger partial charge in [0.05, 0.1) is 11.3 Å². The minimum atomic E-state index is -3.89. The molecule has 194 valence electrons. The Kier molecular flexibility index (Phi) is 7.89. The summed E-state index contributed by atoms with van der Waals surface area (Å²) in [7, 11) is -3.89. The molecule has 1 saturated heterocycles. The first kappa shape index (κ1) is 26.3. The molecule has 3 aromatic rings. The summed E-state index contributed by atoms with van der Waals surface area (Å²) in [6.07, 6.45) is 0.575. The van der Waals surface area contributed by atoms with Crippen molar-refractivity contribution in [3.8, 4) is 0 Å². The molecule has 2 amide bonds. The van der Waals surface area contributed by atoms with Crippen molar-refractivity contribution in [1.82, 2.24) is 9.62 Å². The van der Waals surface area contributed by atoms with E-state index in [-0.39, 0.29) is 35.6 Å². The summed E-state index contributed by atoms with van der Waals surface area (Å²) in [5.74, 6) is -1.54. The molecule has 9 nitrogen and oxygen atoms in total. The third-order valence-corrected chi connectivity index (χ3v) is 8.11. The van der Waals surface area contributed by atoms with Crippen molar-refractivity contribution in [2.24, 2.45) is 0 Å². The zero-order chi connectivity index (χ0) is 26.6. The number of anilines is 1. The van der Waals surface area contributed by atoms with Gasteiger partial charge in [-0.2, -0.15) is 0 Å². The monoisotopic (exact) mass is 523 g/mol. The second-order valence-corrected chi connectivity index (χ2v) is 10.8. The van der Waals surface area contributed by atoms with Crippen LogP contribution in [-0.4, -0.2) is 55.3 Å². The number of hydrogen-bond acceptors (Lipinski definition) is 5. The summed E-state index contributed by atoms with van der Waals surface area (Å²) >= 11 is 0. The minimum absolute atomic E-state index is 0.0650. The molecule has 4 rings (SSSR count). The van der Waals surface area contributed by atoms with Gasteiger partial charge in [-0.3, -0.25) is 14.4 Å². The standard InChI is InChI=1S/C27H29N3O6S/c1-18-6-2-3-7-20(18)27(34)28-23-10-4-9-22-21(23)8-5-11-24(22)37(35,36)29-19-14-16-30(17-15-19)25(31)12-13-26(32)33/h2-11,19,29H,12-17H2,1H3,(H,28,34)(H,32,33). The highest BCUT2D eigenvalue weighted by atomic mass is 32.2. The normalized spacial score (nSPS) is 14.5. The molecule has 0 spiro atoms. The van der Waals surface area contributed by atoms with Crippen LogP contribution in [0.4, 0.5) is 5.69 Å². The molecule has 0 aromatic heterocycles. The Bertz CT molecular complexity index is 1450. The molecule has 0 bridgehead atoms. The molecule has 0 atom stereocenters. The number of aliphatic carboxylic acids is 1. The maximum Gasteiger partial charge on any atom is 0.303 e. The first-order valence-electron chi connectivity index (χ1n) is 12.1. The number of carboxylic acids is 1. The van der Waals surface area contributed by atoms with Gasteiger partial charge in [0.25, 0.3) is 5.91 Å². The van der Waals surface area contributed by atoms with E-state index in [0.717, 1.165) is 5.56 Å². The lowest BCUT2D eigenvalue weighted by Crippen LogP contribution is -2.46. The van der Waals surface area contributed by atoms with Crippen LogP contribution in [0.2, 0.25) is 0 Å². The second kappa shape index (κ2) is 11.1. The van der Waals surface area contributed by atoms with Crippen molar-refractivity contribution in [3.05, 3.63) is 71.8 Å². The zero-order valence-electron chi connectivity index (χ0n) is 20.4. The Labute approximate surface area is 215 Å². The third kappa shape index (κ3) is 6.15. The van der Waals surface area contributed by atoms with E-state index in [1.807, 2.05) is 19.1 Å². The van der Waals surface area contributed by atoms with Crippen molar-refractivity contribution < 1.29 is 27.9 Å². The number of piperidine rings is 1. The first-order chi connectivity index (χ1) is 17.7. The van der Waals surface area contributed by atoms with Gasteiger partial charge in [0, 0.05) is 47.6 Å². The van der Waals surface area contributed by atoms with Crippen LogP contribution in [0.15, 0.2) is 65.6 Å². The number of nitrogens with zero attached hydrogens (tertiary/aromatic N) is 1. The van der Waals surface area contributed by atoms with E-state index in [0.29, 0.717) is 48.0 Å². The SMILES string of the molecule is Cc1ccccc1C(=O)Nc1cccc2c(S(=O)(=O)NC3CCN(C(=O)CCC(=O)O)CC3)cccc12. The topological polar surface area (TPSA) is 133 Å². The smallest absolute Gasteiger partial charge is 0.303 e. The Morgan fingerprint density at radius 2 is 1.59 bits per heavy atom. The van der Waals surface area contributed by atoms with E-state index in [2.05, 4.69) is 10.0 Å². The number of rotatable bonds is 8. The number of carbonyl (C=O) groups is 3. The third-order valence-electron chi connectivity index (χ3n) is 6.53. The molecular formula is C27H29N3O6S. The molecule has 0 unspecified atom stereocenters. The van der Waals surface area contributed by atoms with E-state index in [4.69, 9.17) is 5.11 Å². The van der Waals surface area contributed by atoms with Crippen LogP contribution >= 0.6 is 0 Å². The molecule has 1 fully saturated rings. The maximum atomic E-state index is 13.4. The Morgan fingerprint density at radius 3 is 2.30 bits per heavy atom. The first-order valence-corrected chi connectivity index (χ1v) is 13.5. The van der Waals surface area contributed by atoms with Crippen molar-refractivity contribution in [3.63, 3.8) is 0 Å². The van der Waals surface area contributed by atoms with Crippen molar-refractivity contribution in [2.45, 2.75) is 43.5 Å². The van der Waals surface area contributed by atoms with Crippen LogP contribution in [0.5, 0.6) is 0 Å². The number of hydrogen-bond donors (Lipinski definition) is 3. The van der Waals surface area contributed by atoms with Gasteiger partial charge < -0.3 is 15.3 Å². The number of nitrogens with one attached hydrogen (secondary N) is 2. The van der Waals surface area contributed by atoms with Crippen molar-refractivity contribution >= 4 is 44.3 Å². The van der Waals surface area contributed by atoms with Gasteiger partial charge >= 0.3 is 5.97 Å². The van der Waals surface area contributed by atoms with Gasteiger partial charge in [-0.15, -0.1) is 0 Å². The van der Waals surface area contributed by atoms with Crippen LogP contribution in [0.1, 0.15) is 41.6 Å². The number of likely N-dealkylation sites (tertiary alicyclic amines) is 1. The van der Waals surface area contributed by atoms with Crippen LogP contribution in [0.25, 0.3) is 10.8 Å². The Hall–Kier alpha value is -3.76. The fourth-order valence-corrected chi connectivity index (χ4v) is 6.07. The number of aryl methyl sites for hydroxylation is 1. The number of amides is 2. The van der Waals surface area contributed by atoms with E-state index < -0.39 is 16.0 Å². The molecule has 37 heavy (non-hydrogen) atoms. The molecule has 1 aliphatic heterocycles. The number of carbonyl (C=O) groups excluding carboxylic acids is 2.